The molecule has 0 bridgehead atoms. The molecule has 0 saturated heterocycles. The van der Waals surface area contributed by atoms with Crippen LogP contribution in [-0.2, 0) is 12.4 Å². The highest BCUT2D eigenvalue weighted by atomic mass is 35.5. The van der Waals surface area contributed by atoms with Crippen molar-refractivity contribution in [3.8, 4) is 5.88 Å². The quantitative estimate of drug-likeness (QED) is 0.648. The Bertz CT molecular complexity index is 933. The number of H-pyrrole nitrogens is 1. The van der Waals surface area contributed by atoms with E-state index in [1.54, 1.807) is 13.3 Å². The Hall–Kier alpha value is -2.92. The van der Waals surface area contributed by atoms with Gasteiger partial charge in [-0.15, -0.1) is 11.6 Å². The molecule has 5 nitrogen and oxygen atoms in total. The smallest absolute Gasteiger partial charge is 0.214 e. The lowest BCUT2D eigenvalue weighted by Crippen LogP contribution is -2.23. The molecule has 0 spiro atoms. The highest BCUT2D eigenvalue weighted by Crippen LogP contribution is 2.31. The van der Waals surface area contributed by atoms with E-state index in [-0.39, 0.29) is 0 Å². The Morgan fingerprint density at radius 3 is 2.85 bits per heavy atom. The van der Waals surface area contributed by atoms with Crippen molar-refractivity contribution in [3.63, 3.8) is 0 Å². The molecule has 0 saturated carbocycles. The first-order valence-electron chi connectivity index (χ1n) is 8.34. The Balaban J connectivity index is 1.66. The third kappa shape index (κ3) is 3.26. The summed E-state index contributed by atoms with van der Waals surface area (Å²) in [6.45, 7) is 0.785. The van der Waals surface area contributed by atoms with Crippen molar-refractivity contribution in [1.82, 2.24) is 9.97 Å². The van der Waals surface area contributed by atoms with E-state index in [1.165, 1.54) is 0 Å². The van der Waals surface area contributed by atoms with E-state index in [2.05, 4.69) is 56.7 Å². The molecule has 26 heavy (non-hydrogen) atoms. The highest BCUT2D eigenvalue weighted by molar-refractivity contribution is 6.17. The molecule has 1 aliphatic rings. The summed E-state index contributed by atoms with van der Waals surface area (Å²) in [7, 11) is 1.61. The second kappa shape index (κ2) is 7.14. The van der Waals surface area contributed by atoms with Gasteiger partial charge in [-0.1, -0.05) is 12.1 Å². The Kier molecular flexibility index (Phi) is 4.54. The number of benzene rings is 1. The van der Waals surface area contributed by atoms with Crippen molar-refractivity contribution < 1.29 is 4.74 Å². The number of fused-ring (bicyclic) bond motifs is 1. The number of methoxy groups -OCH3 is 1. The molecule has 0 unspecified atom stereocenters. The van der Waals surface area contributed by atoms with Crippen LogP contribution in [0.15, 0.2) is 61.1 Å². The van der Waals surface area contributed by atoms with Crippen molar-refractivity contribution >= 4 is 28.7 Å². The molecule has 1 aromatic carbocycles. The fraction of sp³-hybridized carbons (Fsp3) is 0.150. The molecule has 1 aliphatic heterocycles. The Morgan fingerprint density at radius 1 is 1.23 bits per heavy atom. The average molecular weight is 367 g/mol. The molecule has 0 aliphatic carbocycles. The molecule has 4 rings (SSSR count). The average Bonchev–Trinajstić information content (AvgIpc) is 3.17. The van der Waals surface area contributed by atoms with Crippen LogP contribution in [0.5, 0.6) is 5.88 Å². The second-order valence-electron chi connectivity index (χ2n) is 6.05. The summed E-state index contributed by atoms with van der Waals surface area (Å²) in [5.74, 6) is 1.10. The van der Waals surface area contributed by atoms with Crippen molar-refractivity contribution in [2.75, 3.05) is 17.3 Å². The van der Waals surface area contributed by atoms with Crippen LogP contribution in [0.3, 0.4) is 0 Å². The number of nitrogens with zero attached hydrogens (tertiary/aromatic N) is 2. The maximum atomic E-state index is 5.90. The topological polar surface area (TPSA) is 53.2 Å². The number of rotatable bonds is 5. The normalized spacial score (nSPS) is 13.2. The van der Waals surface area contributed by atoms with E-state index in [4.69, 9.17) is 16.3 Å². The number of halogens is 1. The van der Waals surface area contributed by atoms with Crippen LogP contribution in [0.2, 0.25) is 0 Å². The van der Waals surface area contributed by atoms with Gasteiger partial charge in [0, 0.05) is 53.2 Å². The molecule has 0 amide bonds. The Labute approximate surface area is 157 Å². The predicted octanol–water partition coefficient (Wildman–Crippen LogP) is 4.59. The van der Waals surface area contributed by atoms with E-state index in [0.29, 0.717) is 11.8 Å². The third-order valence-corrected chi connectivity index (χ3v) is 4.69. The molecule has 3 heterocycles. The van der Waals surface area contributed by atoms with E-state index in [0.717, 1.165) is 40.4 Å². The minimum atomic E-state index is 0.521. The number of nitrogens with one attached hydrogen (secondary N) is 2. The van der Waals surface area contributed by atoms with E-state index in [1.807, 2.05) is 18.3 Å². The van der Waals surface area contributed by atoms with E-state index in [9.17, 15) is 0 Å². The number of anilines is 2. The van der Waals surface area contributed by atoms with Gasteiger partial charge in [0.05, 0.1) is 19.4 Å². The molecule has 0 radical (unpaired) electrons. The number of ether oxygens (including phenoxy) is 1. The Morgan fingerprint density at radius 2 is 2.08 bits per heavy atom. The first-order chi connectivity index (χ1) is 12.8. The lowest BCUT2D eigenvalue weighted by atomic mass is 10.1. The van der Waals surface area contributed by atoms with Crippen molar-refractivity contribution in [2.24, 2.45) is 0 Å². The monoisotopic (exact) mass is 366 g/mol. The van der Waals surface area contributed by atoms with Gasteiger partial charge in [0.2, 0.25) is 5.88 Å². The van der Waals surface area contributed by atoms with Crippen molar-refractivity contribution in [3.05, 3.63) is 77.9 Å². The van der Waals surface area contributed by atoms with Crippen molar-refractivity contribution in [2.45, 2.75) is 12.4 Å². The second-order valence-corrected chi connectivity index (χ2v) is 6.32. The van der Waals surface area contributed by atoms with Crippen LogP contribution in [-0.4, -0.2) is 17.1 Å². The van der Waals surface area contributed by atoms with Gasteiger partial charge >= 0.3 is 0 Å². The zero-order valence-corrected chi connectivity index (χ0v) is 15.1. The summed E-state index contributed by atoms with van der Waals surface area (Å²) in [4.78, 5) is 9.70. The van der Waals surface area contributed by atoms with Crippen LogP contribution in [0.4, 0.5) is 11.4 Å². The molecule has 6 heteroatoms. The highest BCUT2D eigenvalue weighted by Gasteiger charge is 2.19. The van der Waals surface area contributed by atoms with Gasteiger partial charge in [0.1, 0.15) is 0 Å². The maximum absolute atomic E-state index is 5.90. The van der Waals surface area contributed by atoms with Crippen LogP contribution in [0.1, 0.15) is 16.8 Å². The predicted molar refractivity (Wildman–Crippen MR) is 105 cm³/mol. The number of alkyl halides is 1. The van der Waals surface area contributed by atoms with Gasteiger partial charge in [-0.25, -0.2) is 4.98 Å². The lowest BCUT2D eigenvalue weighted by Gasteiger charge is -2.28. The van der Waals surface area contributed by atoms with Gasteiger partial charge in [0.25, 0.3) is 0 Å². The maximum Gasteiger partial charge on any atom is 0.214 e. The van der Waals surface area contributed by atoms with Crippen LogP contribution >= 0.6 is 11.6 Å². The first-order valence-corrected chi connectivity index (χ1v) is 8.87. The summed E-state index contributed by atoms with van der Waals surface area (Å²) < 4.78 is 5.21. The number of aromatic nitrogens is 2. The van der Waals surface area contributed by atoms with E-state index < -0.39 is 0 Å². The van der Waals surface area contributed by atoms with E-state index >= 15 is 0 Å². The largest absolute Gasteiger partial charge is 0.481 e. The standard InChI is InChI=1S/C20H19ClN4O/c1-26-20-10-15(6-8-23-20)24-19-13-25(12-18-17(19)7-9-22-18)16-4-2-14(11-21)3-5-16/h2-10,13,22H,11-12H2,1H3,(H,23,24). The fourth-order valence-corrected chi connectivity index (χ4v) is 3.20. The third-order valence-electron chi connectivity index (χ3n) is 4.38. The van der Waals surface area contributed by atoms with Crippen LogP contribution < -0.4 is 15.0 Å². The number of hydrogen-bond donors (Lipinski definition) is 2. The summed E-state index contributed by atoms with van der Waals surface area (Å²) in [6, 6.07) is 14.2. The minimum Gasteiger partial charge on any atom is -0.481 e. The fourth-order valence-electron chi connectivity index (χ4n) is 3.02. The number of aromatic amines is 1. The minimum absolute atomic E-state index is 0.521. The SMILES string of the molecule is COc1cc(NC2=CN(c3ccc(CCl)cc3)Cc3[nH]ccc32)ccn1. The molecule has 2 aromatic heterocycles. The molecule has 0 atom stereocenters. The summed E-state index contributed by atoms with van der Waals surface area (Å²) in [5.41, 5.74) is 6.49. The van der Waals surface area contributed by atoms with Gasteiger partial charge in [-0.05, 0) is 29.8 Å². The lowest BCUT2D eigenvalue weighted by molar-refractivity contribution is 0.398. The summed E-state index contributed by atoms with van der Waals surface area (Å²) >= 11 is 5.90. The molecule has 0 fully saturated rings. The zero-order valence-electron chi connectivity index (χ0n) is 14.4. The van der Waals surface area contributed by atoms with Gasteiger partial charge in [-0.2, -0.15) is 0 Å². The number of pyridine rings is 1. The molecular formula is C20H19ClN4O. The van der Waals surface area contributed by atoms with Gasteiger partial charge in [-0.3, -0.25) is 0 Å². The zero-order chi connectivity index (χ0) is 17.9. The van der Waals surface area contributed by atoms with Gasteiger partial charge in [0.15, 0.2) is 0 Å². The molecular weight excluding hydrogens is 348 g/mol. The molecule has 3 aromatic rings. The summed E-state index contributed by atoms with van der Waals surface area (Å²) in [6.07, 6.45) is 5.82. The van der Waals surface area contributed by atoms with Crippen LogP contribution in [0.25, 0.3) is 5.70 Å². The number of hydrogen-bond acceptors (Lipinski definition) is 4. The molecule has 132 valence electrons. The van der Waals surface area contributed by atoms with Crippen molar-refractivity contribution in [1.29, 1.82) is 0 Å². The molecule has 2 N–H and O–H groups in total. The first kappa shape index (κ1) is 16.5. The van der Waals surface area contributed by atoms with Crippen LogP contribution in [0, 0.1) is 0 Å². The van der Waals surface area contributed by atoms with Gasteiger partial charge < -0.3 is 19.9 Å². The summed E-state index contributed by atoms with van der Waals surface area (Å²) in [5, 5.41) is 3.48.